The second-order valence-corrected chi connectivity index (χ2v) is 9.31. The zero-order valence-corrected chi connectivity index (χ0v) is 23.9. The van der Waals surface area contributed by atoms with E-state index in [9.17, 15) is 33.9 Å². The molecule has 1 fully saturated rings. The Balaban J connectivity index is 2.08. The molecule has 14 heteroatoms. The van der Waals surface area contributed by atoms with Gasteiger partial charge in [-0.2, -0.15) is 0 Å². The van der Waals surface area contributed by atoms with Gasteiger partial charge < -0.3 is 38.3 Å². The molecule has 0 radical (unpaired) electrons. The monoisotopic (exact) mass is 602 g/mol. The Bertz CT molecular complexity index is 1390. The van der Waals surface area contributed by atoms with Gasteiger partial charge in [0.2, 0.25) is 12.4 Å². The number of phenolic OH excluding ortho intramolecular Hbond substituents is 1. The summed E-state index contributed by atoms with van der Waals surface area (Å²) in [5, 5.41) is 10.7. The molecule has 0 aliphatic carbocycles. The molecule has 230 valence electrons. The van der Waals surface area contributed by atoms with Gasteiger partial charge in [0.15, 0.2) is 18.0 Å². The van der Waals surface area contributed by atoms with E-state index in [-0.39, 0.29) is 22.6 Å². The number of carbonyl (C=O) groups is 6. The van der Waals surface area contributed by atoms with Crippen molar-refractivity contribution in [3.63, 3.8) is 0 Å². The van der Waals surface area contributed by atoms with Crippen molar-refractivity contribution >= 4 is 35.6 Å². The van der Waals surface area contributed by atoms with Gasteiger partial charge in [0.25, 0.3) is 0 Å². The molecule has 0 amide bonds. The zero-order valence-electron chi connectivity index (χ0n) is 23.9. The lowest BCUT2D eigenvalue weighted by molar-refractivity contribution is -0.288. The van der Waals surface area contributed by atoms with Gasteiger partial charge in [0.1, 0.15) is 35.5 Å². The topological polar surface area (TPSA) is 187 Å². The SMILES string of the molecule is CC(=O)OC[C@@H]1O[C@H](Oc2cc(OC(=O)c3ccccc3)cc(O)c2C(C)=O)[C@H](OC(C)=O)[C@@H](OC(C)=O)[C@H]1OC(C)=O. The summed E-state index contributed by atoms with van der Waals surface area (Å²) in [6, 6.07) is 10.1. The molecule has 1 heterocycles. The number of carbonyl (C=O) groups excluding carboxylic acids is 6. The Hall–Kier alpha value is -4.98. The lowest BCUT2D eigenvalue weighted by Gasteiger charge is -2.44. The average Bonchev–Trinajstić information content (AvgIpc) is 2.90. The van der Waals surface area contributed by atoms with E-state index in [1.54, 1.807) is 18.2 Å². The van der Waals surface area contributed by atoms with Crippen LogP contribution in [-0.4, -0.2) is 78.0 Å². The van der Waals surface area contributed by atoms with Crippen LogP contribution >= 0.6 is 0 Å². The van der Waals surface area contributed by atoms with Gasteiger partial charge in [-0.1, -0.05) is 18.2 Å². The zero-order chi connectivity index (χ0) is 31.8. The molecule has 2 aromatic rings. The van der Waals surface area contributed by atoms with E-state index in [0.29, 0.717) is 0 Å². The van der Waals surface area contributed by atoms with Crippen LogP contribution in [0.4, 0.5) is 0 Å². The Kier molecular flexibility index (Phi) is 10.8. The summed E-state index contributed by atoms with van der Waals surface area (Å²) >= 11 is 0. The molecule has 0 aromatic heterocycles. The summed E-state index contributed by atoms with van der Waals surface area (Å²) < 4.78 is 38.3. The summed E-state index contributed by atoms with van der Waals surface area (Å²) in [5.41, 5.74) is -0.160. The third-order valence-corrected chi connectivity index (χ3v) is 5.82. The Morgan fingerprint density at radius 1 is 0.767 bits per heavy atom. The van der Waals surface area contributed by atoms with Crippen LogP contribution in [0.15, 0.2) is 42.5 Å². The molecule has 1 aliphatic rings. The summed E-state index contributed by atoms with van der Waals surface area (Å²) in [4.78, 5) is 72.8. The maximum absolute atomic E-state index is 12.6. The Morgan fingerprint density at radius 3 is 1.91 bits per heavy atom. The predicted molar refractivity (Wildman–Crippen MR) is 142 cm³/mol. The lowest BCUT2D eigenvalue weighted by Crippen LogP contribution is -2.63. The molecule has 0 spiro atoms. The minimum absolute atomic E-state index is 0.194. The van der Waals surface area contributed by atoms with Crippen LogP contribution in [0.5, 0.6) is 17.2 Å². The fraction of sp³-hybridized carbons (Fsp3) is 0.379. The highest BCUT2D eigenvalue weighted by Gasteiger charge is 2.53. The average molecular weight is 603 g/mol. The number of Topliss-reactive ketones (excluding diaryl/α,β-unsaturated/α-hetero) is 1. The van der Waals surface area contributed by atoms with Crippen LogP contribution in [-0.2, 0) is 42.9 Å². The molecule has 5 atom stereocenters. The molecule has 1 N–H and O–H groups in total. The van der Waals surface area contributed by atoms with Crippen LogP contribution in [0.2, 0.25) is 0 Å². The number of rotatable bonds is 10. The molecule has 0 saturated carbocycles. The van der Waals surface area contributed by atoms with Crippen LogP contribution in [0, 0.1) is 0 Å². The Morgan fingerprint density at radius 2 is 1.35 bits per heavy atom. The summed E-state index contributed by atoms with van der Waals surface area (Å²) in [6.07, 6.45) is -7.64. The third-order valence-electron chi connectivity index (χ3n) is 5.82. The van der Waals surface area contributed by atoms with Crippen molar-refractivity contribution in [2.45, 2.75) is 65.3 Å². The molecule has 43 heavy (non-hydrogen) atoms. The van der Waals surface area contributed by atoms with E-state index in [2.05, 4.69) is 0 Å². The Labute approximate surface area is 245 Å². The highest BCUT2D eigenvalue weighted by atomic mass is 16.7. The molecule has 14 nitrogen and oxygen atoms in total. The highest BCUT2D eigenvalue weighted by molar-refractivity contribution is 6.00. The minimum atomic E-state index is -1.71. The number of hydrogen-bond donors (Lipinski definition) is 1. The van der Waals surface area contributed by atoms with E-state index in [1.165, 1.54) is 12.1 Å². The van der Waals surface area contributed by atoms with Crippen molar-refractivity contribution in [2.75, 3.05) is 6.61 Å². The quantitative estimate of drug-likeness (QED) is 0.180. The second kappa shape index (κ2) is 14.3. The van der Waals surface area contributed by atoms with Gasteiger partial charge in [-0.15, -0.1) is 0 Å². The van der Waals surface area contributed by atoms with Crippen LogP contribution in [0.1, 0.15) is 55.3 Å². The van der Waals surface area contributed by atoms with Crippen molar-refractivity contribution in [1.82, 2.24) is 0 Å². The molecule has 2 aromatic carbocycles. The predicted octanol–water partition coefficient (Wildman–Crippen LogP) is 2.28. The highest BCUT2D eigenvalue weighted by Crippen LogP contribution is 2.37. The molecular formula is C29H30O14. The molecule has 0 bridgehead atoms. The molecule has 1 saturated heterocycles. The fourth-order valence-electron chi connectivity index (χ4n) is 4.23. The van der Waals surface area contributed by atoms with Crippen LogP contribution < -0.4 is 9.47 Å². The van der Waals surface area contributed by atoms with E-state index < -0.39 is 78.7 Å². The largest absolute Gasteiger partial charge is 0.507 e. The van der Waals surface area contributed by atoms with Gasteiger partial charge in [-0.25, -0.2) is 4.79 Å². The first-order valence-corrected chi connectivity index (χ1v) is 12.9. The number of hydrogen-bond acceptors (Lipinski definition) is 14. The van der Waals surface area contributed by atoms with Gasteiger partial charge in [0.05, 0.1) is 5.56 Å². The molecule has 0 unspecified atom stereocenters. The fourth-order valence-corrected chi connectivity index (χ4v) is 4.23. The standard InChI is InChI=1S/C29H30O14/c1-14(30)24-21(35)11-20(41-28(36)19-9-7-6-8-10-19)12-22(24)42-29-27(40-18(5)34)26(39-17(4)33)25(38-16(3)32)23(43-29)13-37-15(2)31/h6-12,23,25-27,29,35H,13H2,1-5H3/t23-,25-,26-,27+,29-/m0/s1. The van der Waals surface area contributed by atoms with E-state index in [0.717, 1.165) is 46.8 Å². The normalized spacial score (nSPS) is 21.1. The molecule has 3 rings (SSSR count). The maximum atomic E-state index is 12.6. The summed E-state index contributed by atoms with van der Waals surface area (Å²) in [7, 11) is 0. The van der Waals surface area contributed by atoms with Crippen LogP contribution in [0.3, 0.4) is 0 Å². The lowest BCUT2D eigenvalue weighted by atomic mass is 9.98. The van der Waals surface area contributed by atoms with Crippen LogP contribution in [0.25, 0.3) is 0 Å². The van der Waals surface area contributed by atoms with E-state index >= 15 is 0 Å². The first kappa shape index (κ1) is 32.5. The van der Waals surface area contributed by atoms with Crippen molar-refractivity contribution < 1.29 is 67.0 Å². The number of esters is 5. The van der Waals surface area contributed by atoms with Gasteiger partial charge in [-0.3, -0.25) is 24.0 Å². The number of aromatic hydroxyl groups is 1. The summed E-state index contributed by atoms with van der Waals surface area (Å²) in [6.45, 7) is 4.90. The number of phenols is 1. The van der Waals surface area contributed by atoms with Gasteiger partial charge in [-0.05, 0) is 19.1 Å². The number of benzene rings is 2. The van der Waals surface area contributed by atoms with Crippen molar-refractivity contribution in [3.05, 3.63) is 53.6 Å². The van der Waals surface area contributed by atoms with Crippen molar-refractivity contribution in [2.24, 2.45) is 0 Å². The second-order valence-electron chi connectivity index (χ2n) is 9.31. The minimum Gasteiger partial charge on any atom is -0.507 e. The summed E-state index contributed by atoms with van der Waals surface area (Å²) in [5.74, 6) is -5.94. The third kappa shape index (κ3) is 8.75. The van der Waals surface area contributed by atoms with E-state index in [1.807, 2.05) is 0 Å². The van der Waals surface area contributed by atoms with Crippen molar-refractivity contribution in [3.8, 4) is 17.2 Å². The smallest absolute Gasteiger partial charge is 0.343 e. The first-order chi connectivity index (χ1) is 20.3. The maximum Gasteiger partial charge on any atom is 0.343 e. The molecule has 1 aliphatic heterocycles. The first-order valence-electron chi connectivity index (χ1n) is 12.9. The van der Waals surface area contributed by atoms with Crippen molar-refractivity contribution in [1.29, 1.82) is 0 Å². The number of ether oxygens (including phenoxy) is 7. The number of ketones is 1. The van der Waals surface area contributed by atoms with E-state index in [4.69, 9.17) is 33.2 Å². The van der Waals surface area contributed by atoms with Gasteiger partial charge in [0, 0.05) is 39.8 Å². The molecular weight excluding hydrogens is 572 g/mol. The van der Waals surface area contributed by atoms with Gasteiger partial charge >= 0.3 is 29.8 Å².